The molecule has 1 amide bonds. The lowest BCUT2D eigenvalue weighted by Gasteiger charge is -2.04. The maximum absolute atomic E-state index is 13.0. The highest BCUT2D eigenvalue weighted by Gasteiger charge is 2.09. The maximum Gasteiger partial charge on any atom is 0.251 e. The van der Waals surface area contributed by atoms with E-state index < -0.39 is 0 Å². The Balaban J connectivity index is 2.01. The fraction of sp³-hybridized carbons (Fsp3) is 0.167. The standard InChI is InChI=1S/C12H10BrFN2OS/c1-7-5-15-11(18-7)6-16-12(17)8-2-3-10(14)9(13)4-8/h2-5H,6H2,1H3,(H,16,17). The van der Waals surface area contributed by atoms with Crippen molar-refractivity contribution < 1.29 is 9.18 Å². The monoisotopic (exact) mass is 328 g/mol. The van der Waals surface area contributed by atoms with Crippen molar-refractivity contribution in [1.29, 1.82) is 0 Å². The van der Waals surface area contributed by atoms with E-state index >= 15 is 0 Å². The van der Waals surface area contributed by atoms with E-state index in [1.165, 1.54) is 29.5 Å². The average molecular weight is 329 g/mol. The van der Waals surface area contributed by atoms with E-state index in [9.17, 15) is 9.18 Å². The van der Waals surface area contributed by atoms with Crippen molar-refractivity contribution in [2.75, 3.05) is 0 Å². The summed E-state index contributed by atoms with van der Waals surface area (Å²) in [6, 6.07) is 4.16. The molecule has 0 aliphatic rings. The zero-order valence-electron chi connectivity index (χ0n) is 9.54. The fourth-order valence-corrected chi connectivity index (χ4v) is 2.48. The summed E-state index contributed by atoms with van der Waals surface area (Å²) in [6.07, 6.45) is 1.76. The highest BCUT2D eigenvalue weighted by atomic mass is 79.9. The van der Waals surface area contributed by atoms with Crippen LogP contribution in [0.4, 0.5) is 4.39 Å². The van der Waals surface area contributed by atoms with Crippen LogP contribution >= 0.6 is 27.3 Å². The number of halogens is 2. The summed E-state index contributed by atoms with van der Waals surface area (Å²) in [5.41, 5.74) is 0.413. The van der Waals surface area contributed by atoms with Crippen molar-refractivity contribution in [2.45, 2.75) is 13.5 Å². The largest absolute Gasteiger partial charge is 0.346 e. The molecule has 0 aliphatic heterocycles. The van der Waals surface area contributed by atoms with Gasteiger partial charge in [-0.3, -0.25) is 4.79 Å². The van der Waals surface area contributed by atoms with E-state index in [0.29, 0.717) is 12.1 Å². The molecule has 94 valence electrons. The lowest BCUT2D eigenvalue weighted by Crippen LogP contribution is -2.22. The lowest BCUT2D eigenvalue weighted by molar-refractivity contribution is 0.0951. The van der Waals surface area contributed by atoms with Crippen LogP contribution in [-0.2, 0) is 6.54 Å². The molecule has 3 nitrogen and oxygen atoms in total. The van der Waals surface area contributed by atoms with E-state index in [1.54, 1.807) is 6.20 Å². The number of amides is 1. The number of thiazole rings is 1. The molecule has 1 N–H and O–H groups in total. The molecule has 1 aromatic carbocycles. The summed E-state index contributed by atoms with van der Waals surface area (Å²) >= 11 is 4.58. The Morgan fingerprint density at radius 3 is 2.94 bits per heavy atom. The van der Waals surface area contributed by atoms with Crippen molar-refractivity contribution in [3.63, 3.8) is 0 Å². The maximum atomic E-state index is 13.0. The molecular weight excluding hydrogens is 319 g/mol. The Morgan fingerprint density at radius 1 is 1.56 bits per heavy atom. The number of aromatic nitrogens is 1. The van der Waals surface area contributed by atoms with Crippen molar-refractivity contribution in [2.24, 2.45) is 0 Å². The van der Waals surface area contributed by atoms with Crippen molar-refractivity contribution in [1.82, 2.24) is 10.3 Å². The van der Waals surface area contributed by atoms with Crippen LogP contribution in [0.25, 0.3) is 0 Å². The summed E-state index contributed by atoms with van der Waals surface area (Å²) in [6.45, 7) is 2.34. The van der Waals surface area contributed by atoms with Gasteiger partial charge in [0.1, 0.15) is 10.8 Å². The molecular formula is C12H10BrFN2OS. The molecule has 0 fully saturated rings. The van der Waals surface area contributed by atoms with Crippen LogP contribution in [0.15, 0.2) is 28.9 Å². The third-order valence-corrected chi connectivity index (χ3v) is 3.77. The van der Waals surface area contributed by atoms with Gasteiger partial charge in [0, 0.05) is 16.6 Å². The second kappa shape index (κ2) is 5.58. The molecule has 1 aromatic heterocycles. The minimum absolute atomic E-state index is 0.247. The van der Waals surface area contributed by atoms with Crippen LogP contribution < -0.4 is 5.32 Å². The normalized spacial score (nSPS) is 10.4. The molecule has 0 radical (unpaired) electrons. The Labute approximate surface area is 116 Å². The Bertz CT molecular complexity index is 585. The molecule has 6 heteroatoms. The van der Waals surface area contributed by atoms with Gasteiger partial charge in [-0.15, -0.1) is 11.3 Å². The van der Waals surface area contributed by atoms with Crippen LogP contribution in [0.2, 0.25) is 0 Å². The Morgan fingerprint density at radius 2 is 2.33 bits per heavy atom. The number of nitrogens with one attached hydrogen (secondary N) is 1. The quantitative estimate of drug-likeness (QED) is 0.939. The first-order chi connectivity index (χ1) is 8.56. The number of carbonyl (C=O) groups is 1. The van der Waals surface area contributed by atoms with Gasteiger partial charge in [-0.25, -0.2) is 9.37 Å². The molecule has 0 aliphatic carbocycles. The van der Waals surface area contributed by atoms with Crippen molar-refractivity contribution in [3.05, 3.63) is 50.1 Å². The van der Waals surface area contributed by atoms with E-state index in [0.717, 1.165) is 9.88 Å². The number of hydrogen-bond donors (Lipinski definition) is 1. The number of rotatable bonds is 3. The van der Waals surface area contributed by atoms with E-state index in [-0.39, 0.29) is 16.2 Å². The van der Waals surface area contributed by atoms with Crippen LogP contribution in [0.1, 0.15) is 20.2 Å². The predicted octanol–water partition coefficient (Wildman–Crippen LogP) is 3.28. The summed E-state index contributed by atoms with van der Waals surface area (Å²) in [5.74, 6) is -0.634. The molecule has 0 saturated heterocycles. The van der Waals surface area contributed by atoms with Gasteiger partial charge in [-0.2, -0.15) is 0 Å². The average Bonchev–Trinajstić information content (AvgIpc) is 2.75. The fourth-order valence-electron chi connectivity index (χ4n) is 1.38. The van der Waals surface area contributed by atoms with Gasteiger partial charge < -0.3 is 5.32 Å². The van der Waals surface area contributed by atoms with Gasteiger partial charge in [0.25, 0.3) is 5.91 Å². The molecule has 0 atom stereocenters. The third-order valence-electron chi connectivity index (χ3n) is 2.25. The molecule has 0 bridgehead atoms. The number of aryl methyl sites for hydroxylation is 1. The van der Waals surface area contributed by atoms with Crippen LogP contribution in [0, 0.1) is 12.7 Å². The summed E-state index contributed by atoms with van der Waals surface area (Å²) < 4.78 is 13.3. The second-order valence-electron chi connectivity index (χ2n) is 3.68. The van der Waals surface area contributed by atoms with Gasteiger partial charge in [0.2, 0.25) is 0 Å². The Kier molecular flexibility index (Phi) is 4.08. The van der Waals surface area contributed by atoms with Gasteiger partial charge in [-0.1, -0.05) is 0 Å². The number of hydrogen-bond acceptors (Lipinski definition) is 3. The van der Waals surface area contributed by atoms with Gasteiger partial charge in [-0.05, 0) is 41.1 Å². The number of carbonyl (C=O) groups excluding carboxylic acids is 1. The van der Waals surface area contributed by atoms with E-state index in [1.807, 2.05) is 6.92 Å². The molecule has 0 unspecified atom stereocenters. The SMILES string of the molecule is Cc1cnc(CNC(=O)c2ccc(F)c(Br)c2)s1. The molecule has 0 saturated carbocycles. The first kappa shape index (κ1) is 13.2. The third kappa shape index (κ3) is 3.14. The van der Waals surface area contributed by atoms with Crippen molar-refractivity contribution in [3.8, 4) is 0 Å². The predicted molar refractivity (Wildman–Crippen MR) is 72.1 cm³/mol. The van der Waals surface area contributed by atoms with Gasteiger partial charge in [0.05, 0.1) is 11.0 Å². The first-order valence-corrected chi connectivity index (χ1v) is 6.82. The highest BCUT2D eigenvalue weighted by molar-refractivity contribution is 9.10. The van der Waals surface area contributed by atoms with Crippen LogP contribution in [-0.4, -0.2) is 10.9 Å². The highest BCUT2D eigenvalue weighted by Crippen LogP contribution is 2.17. The van der Waals surface area contributed by atoms with Gasteiger partial charge in [0.15, 0.2) is 0 Å². The van der Waals surface area contributed by atoms with Crippen molar-refractivity contribution >= 4 is 33.2 Å². The molecule has 0 spiro atoms. The number of benzene rings is 1. The summed E-state index contributed by atoms with van der Waals surface area (Å²) in [4.78, 5) is 17.1. The molecule has 18 heavy (non-hydrogen) atoms. The minimum atomic E-state index is -0.387. The van der Waals surface area contributed by atoms with E-state index in [4.69, 9.17) is 0 Å². The van der Waals surface area contributed by atoms with Crippen LogP contribution in [0.3, 0.4) is 0 Å². The zero-order chi connectivity index (χ0) is 13.1. The molecule has 1 heterocycles. The van der Waals surface area contributed by atoms with E-state index in [2.05, 4.69) is 26.2 Å². The second-order valence-corrected chi connectivity index (χ2v) is 5.85. The summed E-state index contributed by atoms with van der Waals surface area (Å²) in [5, 5.41) is 3.59. The topological polar surface area (TPSA) is 42.0 Å². The minimum Gasteiger partial charge on any atom is -0.346 e. The molecule has 2 rings (SSSR count). The molecule has 2 aromatic rings. The number of nitrogens with zero attached hydrogens (tertiary/aromatic N) is 1. The van der Waals surface area contributed by atoms with Gasteiger partial charge >= 0.3 is 0 Å². The first-order valence-electron chi connectivity index (χ1n) is 5.21. The lowest BCUT2D eigenvalue weighted by atomic mass is 10.2. The Hall–Kier alpha value is -1.27. The van der Waals surface area contributed by atoms with Crippen LogP contribution in [0.5, 0.6) is 0 Å². The smallest absolute Gasteiger partial charge is 0.251 e. The summed E-state index contributed by atoms with van der Waals surface area (Å²) in [7, 11) is 0. The zero-order valence-corrected chi connectivity index (χ0v) is 11.9.